The maximum atomic E-state index is 5.86. The van der Waals surface area contributed by atoms with Gasteiger partial charge in [-0.05, 0) is 5.75 Å². The number of nitrogens with zero attached hydrogens (tertiary/aromatic N) is 1. The summed E-state index contributed by atoms with van der Waals surface area (Å²) in [5, 5.41) is 3.17. The van der Waals surface area contributed by atoms with Gasteiger partial charge in [0.25, 0.3) is 0 Å². The van der Waals surface area contributed by atoms with Crippen LogP contribution in [-0.2, 0) is 10.5 Å². The molecule has 1 unspecified atom stereocenters. The lowest BCUT2D eigenvalue weighted by atomic mass is 10.3. The van der Waals surface area contributed by atoms with Gasteiger partial charge < -0.3 is 10.5 Å². The van der Waals surface area contributed by atoms with E-state index in [2.05, 4.69) is 11.9 Å². The lowest BCUT2D eigenvalue weighted by Gasteiger charge is -2.05. The zero-order chi connectivity index (χ0) is 10.4. The molecule has 0 saturated heterocycles. The number of ether oxygens (including phenoxy) is 1. The Kier molecular flexibility index (Phi) is 5.47. The van der Waals surface area contributed by atoms with Crippen LogP contribution in [0.15, 0.2) is 5.38 Å². The van der Waals surface area contributed by atoms with Gasteiger partial charge in [0.1, 0.15) is 5.01 Å². The highest BCUT2D eigenvalue weighted by Gasteiger charge is 2.09. The van der Waals surface area contributed by atoms with Crippen LogP contribution in [0.3, 0.4) is 0 Å². The van der Waals surface area contributed by atoms with Crippen LogP contribution in [0.4, 0.5) is 0 Å². The number of hydrogen-bond acceptors (Lipinski definition) is 5. The van der Waals surface area contributed by atoms with E-state index in [-0.39, 0.29) is 6.04 Å². The third kappa shape index (κ3) is 3.57. The zero-order valence-corrected chi connectivity index (χ0v) is 10.2. The summed E-state index contributed by atoms with van der Waals surface area (Å²) in [5.74, 6) is 2.11. The van der Waals surface area contributed by atoms with E-state index >= 15 is 0 Å². The number of methoxy groups -OCH3 is 1. The molecule has 0 aromatic carbocycles. The van der Waals surface area contributed by atoms with Gasteiger partial charge in [-0.2, -0.15) is 11.8 Å². The van der Waals surface area contributed by atoms with Crippen LogP contribution in [0.2, 0.25) is 0 Å². The maximum Gasteiger partial charge on any atom is 0.103 e. The highest BCUT2D eigenvalue weighted by Crippen LogP contribution is 2.19. The molecule has 1 atom stereocenters. The van der Waals surface area contributed by atoms with Crippen molar-refractivity contribution in [3.63, 3.8) is 0 Å². The number of rotatable bonds is 6. The van der Waals surface area contributed by atoms with Crippen molar-refractivity contribution in [2.75, 3.05) is 19.5 Å². The number of aromatic nitrogens is 1. The summed E-state index contributed by atoms with van der Waals surface area (Å²) in [7, 11) is 1.65. The maximum absolute atomic E-state index is 5.86. The van der Waals surface area contributed by atoms with Crippen molar-refractivity contribution in [2.24, 2.45) is 5.73 Å². The third-order valence-corrected chi connectivity index (χ3v) is 3.66. The summed E-state index contributed by atoms with van der Waals surface area (Å²) < 4.78 is 4.98. The molecule has 14 heavy (non-hydrogen) atoms. The first-order chi connectivity index (χ1) is 6.77. The fourth-order valence-corrected chi connectivity index (χ4v) is 2.62. The Morgan fingerprint density at radius 1 is 1.71 bits per heavy atom. The molecule has 0 amide bonds. The summed E-state index contributed by atoms with van der Waals surface area (Å²) in [6.07, 6.45) is 0. The molecule has 1 heterocycles. The van der Waals surface area contributed by atoms with Crippen molar-refractivity contribution in [3.05, 3.63) is 16.1 Å². The van der Waals surface area contributed by atoms with E-state index in [1.807, 2.05) is 17.1 Å². The van der Waals surface area contributed by atoms with Gasteiger partial charge in [0.15, 0.2) is 0 Å². The Labute approximate surface area is 93.1 Å². The van der Waals surface area contributed by atoms with Crippen molar-refractivity contribution in [1.29, 1.82) is 0 Å². The molecule has 80 valence electrons. The molecule has 0 radical (unpaired) electrons. The molecule has 0 fully saturated rings. The van der Waals surface area contributed by atoms with E-state index in [0.29, 0.717) is 6.61 Å². The predicted molar refractivity (Wildman–Crippen MR) is 62.8 cm³/mol. The van der Waals surface area contributed by atoms with Gasteiger partial charge in [-0.1, -0.05) is 6.92 Å². The zero-order valence-electron chi connectivity index (χ0n) is 8.53. The van der Waals surface area contributed by atoms with Gasteiger partial charge in [0.2, 0.25) is 0 Å². The summed E-state index contributed by atoms with van der Waals surface area (Å²) in [4.78, 5) is 4.46. The molecule has 2 N–H and O–H groups in total. The molecule has 0 saturated carbocycles. The Morgan fingerprint density at radius 2 is 2.50 bits per heavy atom. The Morgan fingerprint density at radius 3 is 3.14 bits per heavy atom. The highest BCUT2D eigenvalue weighted by molar-refractivity contribution is 7.98. The standard InChI is InChI=1S/C9H16N2OS2/c1-3-13-6-9-11-8(5-14-9)7(10)4-12-2/h5,7H,3-4,6,10H2,1-2H3. The molecule has 0 aliphatic heterocycles. The second-order valence-corrected chi connectivity index (χ2v) is 5.08. The number of thioether (sulfide) groups is 1. The fraction of sp³-hybridized carbons (Fsp3) is 0.667. The van der Waals surface area contributed by atoms with Gasteiger partial charge >= 0.3 is 0 Å². The molecule has 1 aromatic rings. The van der Waals surface area contributed by atoms with E-state index < -0.39 is 0 Å². The number of nitrogens with two attached hydrogens (primary N) is 1. The van der Waals surface area contributed by atoms with Crippen LogP contribution in [0.1, 0.15) is 23.7 Å². The monoisotopic (exact) mass is 232 g/mol. The summed E-state index contributed by atoms with van der Waals surface area (Å²) in [6, 6.07) is -0.0865. The molecular weight excluding hydrogens is 216 g/mol. The molecule has 5 heteroatoms. The first-order valence-corrected chi connectivity index (χ1v) is 6.58. The van der Waals surface area contributed by atoms with E-state index in [0.717, 1.165) is 22.2 Å². The topological polar surface area (TPSA) is 48.1 Å². The van der Waals surface area contributed by atoms with Crippen LogP contribution in [0, 0.1) is 0 Å². The van der Waals surface area contributed by atoms with Crippen molar-refractivity contribution in [1.82, 2.24) is 4.98 Å². The van der Waals surface area contributed by atoms with E-state index in [4.69, 9.17) is 10.5 Å². The highest BCUT2D eigenvalue weighted by atomic mass is 32.2. The van der Waals surface area contributed by atoms with Gasteiger partial charge in [0, 0.05) is 18.2 Å². The van der Waals surface area contributed by atoms with E-state index in [1.165, 1.54) is 0 Å². The van der Waals surface area contributed by atoms with Crippen LogP contribution in [0.25, 0.3) is 0 Å². The summed E-state index contributed by atoms with van der Waals surface area (Å²) in [5.41, 5.74) is 6.81. The average Bonchev–Trinajstić information content (AvgIpc) is 2.63. The second kappa shape index (κ2) is 6.40. The first kappa shape index (κ1) is 12.0. The van der Waals surface area contributed by atoms with Gasteiger partial charge in [0.05, 0.1) is 18.3 Å². The first-order valence-electron chi connectivity index (χ1n) is 4.54. The number of thiazole rings is 1. The Balaban J connectivity index is 2.49. The van der Waals surface area contributed by atoms with Gasteiger partial charge in [-0.3, -0.25) is 0 Å². The molecule has 0 aliphatic carbocycles. The van der Waals surface area contributed by atoms with Crippen molar-refractivity contribution < 1.29 is 4.74 Å². The van der Waals surface area contributed by atoms with Crippen LogP contribution < -0.4 is 5.73 Å². The second-order valence-electron chi connectivity index (χ2n) is 2.87. The van der Waals surface area contributed by atoms with E-state index in [9.17, 15) is 0 Å². The third-order valence-electron chi connectivity index (χ3n) is 1.73. The molecule has 0 bridgehead atoms. The number of hydrogen-bond donors (Lipinski definition) is 1. The van der Waals surface area contributed by atoms with Crippen molar-refractivity contribution in [3.8, 4) is 0 Å². The van der Waals surface area contributed by atoms with Gasteiger partial charge in [-0.15, -0.1) is 11.3 Å². The van der Waals surface area contributed by atoms with Crippen LogP contribution in [-0.4, -0.2) is 24.5 Å². The largest absolute Gasteiger partial charge is 0.383 e. The summed E-state index contributed by atoms with van der Waals surface area (Å²) >= 11 is 3.55. The minimum absolute atomic E-state index is 0.0865. The smallest absolute Gasteiger partial charge is 0.103 e. The van der Waals surface area contributed by atoms with Crippen LogP contribution in [0.5, 0.6) is 0 Å². The lowest BCUT2D eigenvalue weighted by Crippen LogP contribution is -2.16. The summed E-state index contributed by atoms with van der Waals surface area (Å²) in [6.45, 7) is 2.68. The predicted octanol–water partition coefficient (Wildman–Crippen LogP) is 2.04. The quantitative estimate of drug-likeness (QED) is 0.815. The van der Waals surface area contributed by atoms with Gasteiger partial charge in [-0.25, -0.2) is 4.98 Å². The van der Waals surface area contributed by atoms with Crippen molar-refractivity contribution in [2.45, 2.75) is 18.7 Å². The molecule has 3 nitrogen and oxygen atoms in total. The van der Waals surface area contributed by atoms with Crippen molar-refractivity contribution >= 4 is 23.1 Å². The Bertz CT molecular complexity index is 265. The lowest BCUT2D eigenvalue weighted by molar-refractivity contribution is 0.180. The molecule has 1 aromatic heterocycles. The average molecular weight is 232 g/mol. The SMILES string of the molecule is CCSCc1nc(C(N)COC)cs1. The molecule has 0 aliphatic rings. The van der Waals surface area contributed by atoms with Crippen LogP contribution >= 0.6 is 23.1 Å². The molecular formula is C9H16N2OS2. The normalized spacial score (nSPS) is 13.1. The minimum atomic E-state index is -0.0865. The minimum Gasteiger partial charge on any atom is -0.383 e. The molecule has 1 rings (SSSR count). The molecule has 0 spiro atoms. The van der Waals surface area contributed by atoms with E-state index in [1.54, 1.807) is 18.4 Å². The Hall–Kier alpha value is -0.100. The fourth-order valence-electron chi connectivity index (χ4n) is 1.02.